The lowest BCUT2D eigenvalue weighted by Gasteiger charge is -2.21. The number of oxazole rings is 1. The van der Waals surface area contributed by atoms with Gasteiger partial charge in [0.05, 0.1) is 12.6 Å². The zero-order chi connectivity index (χ0) is 21.5. The van der Waals surface area contributed by atoms with Crippen LogP contribution < -0.4 is 5.32 Å². The Morgan fingerprint density at radius 3 is 2.52 bits per heavy atom. The Morgan fingerprint density at radius 2 is 1.81 bits per heavy atom. The van der Waals surface area contributed by atoms with Gasteiger partial charge in [0.25, 0.3) is 5.91 Å². The Kier molecular flexibility index (Phi) is 7.35. The van der Waals surface area contributed by atoms with E-state index in [9.17, 15) is 4.79 Å². The molecule has 3 aromatic rings. The number of rotatable bonds is 9. The van der Waals surface area contributed by atoms with Crippen molar-refractivity contribution in [2.45, 2.75) is 38.6 Å². The highest BCUT2D eigenvalue weighted by Gasteiger charge is 2.19. The SMILES string of the molecule is O=C(NCC1CCCO1)c1coc(CN(Cc2ccccc2)Cc2ccc(Cl)cc2)n1. The Bertz CT molecular complexity index is 969. The molecule has 1 amide bonds. The molecule has 4 rings (SSSR count). The molecule has 1 aliphatic heterocycles. The van der Waals surface area contributed by atoms with Crippen molar-refractivity contribution >= 4 is 17.5 Å². The van der Waals surface area contributed by atoms with Crippen molar-refractivity contribution < 1.29 is 13.9 Å². The Hall–Kier alpha value is -2.67. The molecule has 31 heavy (non-hydrogen) atoms. The summed E-state index contributed by atoms with van der Waals surface area (Å²) in [6.07, 6.45) is 3.53. The molecule has 0 spiro atoms. The first-order chi connectivity index (χ1) is 15.2. The number of carbonyl (C=O) groups excluding carboxylic acids is 1. The number of ether oxygens (including phenoxy) is 1. The number of amides is 1. The Labute approximate surface area is 187 Å². The van der Waals surface area contributed by atoms with E-state index in [1.165, 1.54) is 11.8 Å². The highest BCUT2D eigenvalue weighted by atomic mass is 35.5. The number of carbonyl (C=O) groups is 1. The molecule has 6 nitrogen and oxygen atoms in total. The molecule has 0 aliphatic carbocycles. The number of aromatic nitrogens is 1. The van der Waals surface area contributed by atoms with Gasteiger partial charge in [-0.15, -0.1) is 0 Å². The number of hydrogen-bond donors (Lipinski definition) is 1. The highest BCUT2D eigenvalue weighted by Crippen LogP contribution is 2.17. The molecule has 1 atom stereocenters. The summed E-state index contributed by atoms with van der Waals surface area (Å²) in [4.78, 5) is 19.0. The quantitative estimate of drug-likeness (QED) is 0.534. The fourth-order valence-electron chi connectivity index (χ4n) is 3.64. The molecule has 7 heteroatoms. The molecule has 2 aromatic carbocycles. The highest BCUT2D eigenvalue weighted by molar-refractivity contribution is 6.30. The van der Waals surface area contributed by atoms with Crippen molar-refractivity contribution in [1.82, 2.24) is 15.2 Å². The molecule has 162 valence electrons. The average molecular weight is 440 g/mol. The average Bonchev–Trinajstić information content (AvgIpc) is 3.47. The Balaban J connectivity index is 1.40. The van der Waals surface area contributed by atoms with Crippen LogP contribution in [-0.2, 0) is 24.4 Å². The fourth-order valence-corrected chi connectivity index (χ4v) is 3.76. The maximum Gasteiger partial charge on any atom is 0.273 e. The minimum Gasteiger partial charge on any atom is -0.447 e. The molecule has 1 N–H and O–H groups in total. The van der Waals surface area contributed by atoms with Crippen molar-refractivity contribution in [2.75, 3.05) is 13.2 Å². The van der Waals surface area contributed by atoms with E-state index in [4.69, 9.17) is 20.8 Å². The normalized spacial score (nSPS) is 16.0. The predicted molar refractivity (Wildman–Crippen MR) is 119 cm³/mol. The van der Waals surface area contributed by atoms with Crippen LogP contribution in [0.5, 0.6) is 0 Å². The van der Waals surface area contributed by atoms with E-state index in [1.54, 1.807) is 0 Å². The summed E-state index contributed by atoms with van der Waals surface area (Å²) in [6.45, 7) is 3.18. The monoisotopic (exact) mass is 439 g/mol. The zero-order valence-corrected chi connectivity index (χ0v) is 18.1. The van der Waals surface area contributed by atoms with Crippen LogP contribution >= 0.6 is 11.6 Å². The van der Waals surface area contributed by atoms with Gasteiger partial charge in [-0.1, -0.05) is 54.1 Å². The number of benzene rings is 2. The van der Waals surface area contributed by atoms with E-state index in [2.05, 4.69) is 27.3 Å². The second-order valence-electron chi connectivity index (χ2n) is 7.73. The second-order valence-corrected chi connectivity index (χ2v) is 8.17. The largest absolute Gasteiger partial charge is 0.447 e. The van der Waals surface area contributed by atoms with Gasteiger partial charge in [-0.3, -0.25) is 9.69 Å². The predicted octanol–water partition coefficient (Wildman–Crippen LogP) is 4.44. The van der Waals surface area contributed by atoms with Gasteiger partial charge < -0.3 is 14.5 Å². The third-order valence-corrected chi connectivity index (χ3v) is 5.48. The van der Waals surface area contributed by atoms with Crippen molar-refractivity contribution in [1.29, 1.82) is 0 Å². The van der Waals surface area contributed by atoms with Gasteiger partial charge in [0.15, 0.2) is 5.69 Å². The van der Waals surface area contributed by atoms with Crippen molar-refractivity contribution in [3.8, 4) is 0 Å². The lowest BCUT2D eigenvalue weighted by atomic mass is 10.1. The van der Waals surface area contributed by atoms with Gasteiger partial charge in [-0.05, 0) is 36.1 Å². The molecule has 2 heterocycles. The molecule has 1 aromatic heterocycles. The molecule has 1 unspecified atom stereocenters. The lowest BCUT2D eigenvalue weighted by molar-refractivity contribution is 0.0853. The molecular formula is C24H26ClN3O3. The summed E-state index contributed by atoms with van der Waals surface area (Å²) in [7, 11) is 0. The minimum absolute atomic E-state index is 0.0936. The molecule has 0 saturated carbocycles. The summed E-state index contributed by atoms with van der Waals surface area (Å²) in [5.41, 5.74) is 2.62. The van der Waals surface area contributed by atoms with E-state index in [0.29, 0.717) is 36.2 Å². The second kappa shape index (κ2) is 10.6. The fraction of sp³-hybridized carbons (Fsp3) is 0.333. The van der Waals surface area contributed by atoms with Gasteiger partial charge in [0, 0.05) is 31.3 Å². The topological polar surface area (TPSA) is 67.6 Å². The number of halogens is 1. The zero-order valence-electron chi connectivity index (χ0n) is 17.3. The van der Waals surface area contributed by atoms with Gasteiger partial charge >= 0.3 is 0 Å². The van der Waals surface area contributed by atoms with Crippen LogP contribution in [-0.4, -0.2) is 35.0 Å². The number of nitrogens with one attached hydrogen (secondary N) is 1. The van der Waals surface area contributed by atoms with Crippen LogP contribution in [0.3, 0.4) is 0 Å². The first kappa shape index (κ1) is 21.6. The van der Waals surface area contributed by atoms with Crippen LogP contribution in [0, 0.1) is 0 Å². The van der Waals surface area contributed by atoms with Crippen molar-refractivity contribution in [3.63, 3.8) is 0 Å². The van der Waals surface area contributed by atoms with Gasteiger partial charge in [0.1, 0.15) is 6.26 Å². The van der Waals surface area contributed by atoms with E-state index in [-0.39, 0.29) is 12.0 Å². The number of hydrogen-bond acceptors (Lipinski definition) is 5. The Morgan fingerprint density at radius 1 is 1.06 bits per heavy atom. The van der Waals surface area contributed by atoms with E-state index in [0.717, 1.165) is 31.6 Å². The van der Waals surface area contributed by atoms with Crippen molar-refractivity contribution in [2.24, 2.45) is 0 Å². The van der Waals surface area contributed by atoms with Gasteiger partial charge in [0.2, 0.25) is 5.89 Å². The molecule has 0 bridgehead atoms. The summed E-state index contributed by atoms with van der Waals surface area (Å²) in [6, 6.07) is 18.0. The van der Waals surface area contributed by atoms with Crippen LogP contribution in [0.1, 0.15) is 40.3 Å². The summed E-state index contributed by atoms with van der Waals surface area (Å²) in [5.74, 6) is 0.268. The van der Waals surface area contributed by atoms with Gasteiger partial charge in [-0.25, -0.2) is 4.98 Å². The first-order valence-electron chi connectivity index (χ1n) is 10.5. The summed E-state index contributed by atoms with van der Waals surface area (Å²) >= 11 is 6.02. The number of nitrogens with zero attached hydrogens (tertiary/aromatic N) is 2. The smallest absolute Gasteiger partial charge is 0.273 e. The standard InChI is InChI=1S/C24H26ClN3O3/c25-20-10-8-19(9-11-20)15-28(14-18-5-2-1-3-6-18)16-23-27-22(17-31-23)24(29)26-13-21-7-4-12-30-21/h1-3,5-6,8-11,17,21H,4,7,12-16H2,(H,26,29). The minimum atomic E-state index is -0.238. The molecule has 1 fully saturated rings. The van der Waals surface area contributed by atoms with Crippen LogP contribution in [0.25, 0.3) is 0 Å². The van der Waals surface area contributed by atoms with E-state index >= 15 is 0 Å². The molecule has 1 saturated heterocycles. The van der Waals surface area contributed by atoms with E-state index < -0.39 is 0 Å². The maximum atomic E-state index is 12.4. The van der Waals surface area contributed by atoms with Crippen LogP contribution in [0.4, 0.5) is 0 Å². The van der Waals surface area contributed by atoms with E-state index in [1.807, 2.05) is 42.5 Å². The summed E-state index contributed by atoms with van der Waals surface area (Å²) < 4.78 is 11.2. The first-order valence-corrected chi connectivity index (χ1v) is 10.9. The van der Waals surface area contributed by atoms with Crippen molar-refractivity contribution in [3.05, 3.63) is 88.6 Å². The summed E-state index contributed by atoms with van der Waals surface area (Å²) in [5, 5.41) is 3.59. The van der Waals surface area contributed by atoms with Gasteiger partial charge in [-0.2, -0.15) is 0 Å². The molecule has 0 radical (unpaired) electrons. The lowest BCUT2D eigenvalue weighted by Crippen LogP contribution is -2.32. The van der Waals surface area contributed by atoms with Crippen LogP contribution in [0.2, 0.25) is 5.02 Å². The molecule has 1 aliphatic rings. The molecular weight excluding hydrogens is 414 g/mol. The third kappa shape index (κ3) is 6.40. The van der Waals surface area contributed by atoms with Crippen LogP contribution in [0.15, 0.2) is 65.3 Å². The third-order valence-electron chi connectivity index (χ3n) is 5.23. The maximum absolute atomic E-state index is 12.4.